The number of aliphatic hydroxyl groups is 1. The lowest BCUT2D eigenvalue weighted by atomic mass is 9.90. The van der Waals surface area contributed by atoms with E-state index in [1.165, 1.54) is 0 Å². The summed E-state index contributed by atoms with van der Waals surface area (Å²) in [5.74, 6) is 1.26. The number of hydrogen-bond acceptors (Lipinski definition) is 5. The fourth-order valence-corrected chi connectivity index (χ4v) is 3.68. The van der Waals surface area contributed by atoms with E-state index in [-0.39, 0.29) is 0 Å². The number of piperidine rings is 1. The molecule has 2 aromatic carbocycles. The number of benzene rings is 2. The highest BCUT2D eigenvalue weighted by atomic mass is 19.1. The van der Waals surface area contributed by atoms with Gasteiger partial charge in [-0.1, -0.05) is 30.3 Å². The summed E-state index contributed by atoms with van der Waals surface area (Å²) in [6, 6.07) is 15.0. The minimum absolute atomic E-state index is 0.473. The third-order valence-corrected chi connectivity index (χ3v) is 5.41. The van der Waals surface area contributed by atoms with Crippen molar-refractivity contribution in [2.45, 2.75) is 31.5 Å². The fraction of sp³-hybridized carbons (Fsp3) is 0.364. The summed E-state index contributed by atoms with van der Waals surface area (Å²) in [6.45, 7) is 2.88. The molecule has 28 heavy (non-hydrogen) atoms. The van der Waals surface area contributed by atoms with Crippen LogP contribution in [0.2, 0.25) is 0 Å². The Bertz CT molecular complexity index is 967. The molecule has 1 fully saturated rings. The Balaban J connectivity index is 1.82. The number of fused-ring (bicyclic) bond motifs is 1. The average molecular weight is 381 g/mol. The maximum absolute atomic E-state index is 13.6. The van der Waals surface area contributed by atoms with Crippen molar-refractivity contribution in [2.24, 2.45) is 0 Å². The summed E-state index contributed by atoms with van der Waals surface area (Å²) in [6.07, 6.45) is 0.180. The quantitative estimate of drug-likeness (QED) is 0.744. The van der Waals surface area contributed by atoms with Crippen LogP contribution >= 0.6 is 0 Å². The van der Waals surface area contributed by atoms with Gasteiger partial charge in [0.15, 0.2) is 0 Å². The second-order valence-electron chi connectivity index (χ2n) is 7.35. The summed E-state index contributed by atoms with van der Waals surface area (Å²) in [5, 5.41) is 12.3. The third-order valence-electron chi connectivity index (χ3n) is 5.41. The Hall–Kier alpha value is -2.73. The van der Waals surface area contributed by atoms with Gasteiger partial charge in [0.2, 0.25) is 5.95 Å². The molecular formula is C22H24FN3O2. The Kier molecular flexibility index (Phi) is 4.89. The highest BCUT2D eigenvalue weighted by Crippen LogP contribution is 2.34. The number of rotatable bonds is 4. The molecule has 4 rings (SSSR count). The predicted octanol–water partition coefficient (Wildman–Crippen LogP) is 3.83. The number of halogens is 1. The summed E-state index contributed by atoms with van der Waals surface area (Å²) < 4.78 is 18.8. The number of ether oxygens (including phenoxy) is 1. The zero-order valence-electron chi connectivity index (χ0n) is 16.1. The second kappa shape index (κ2) is 7.36. The number of nitrogens with zero attached hydrogens (tertiary/aromatic N) is 3. The van der Waals surface area contributed by atoms with E-state index in [9.17, 15) is 9.50 Å². The summed E-state index contributed by atoms with van der Waals surface area (Å²) >= 11 is 0. The SMILES string of the molecule is COc1ccc(C(C)(O)c2nc(N3CCC(F)CC3)nc3ccccc23)cc1. The van der Waals surface area contributed by atoms with Crippen LogP contribution in [0.3, 0.4) is 0 Å². The molecule has 0 saturated carbocycles. The van der Waals surface area contributed by atoms with E-state index in [1.807, 2.05) is 53.4 Å². The first-order valence-corrected chi connectivity index (χ1v) is 9.52. The maximum atomic E-state index is 13.6. The van der Waals surface area contributed by atoms with Crippen molar-refractivity contribution in [1.82, 2.24) is 9.97 Å². The van der Waals surface area contributed by atoms with E-state index in [2.05, 4.69) is 4.98 Å². The summed E-state index contributed by atoms with van der Waals surface area (Å²) in [7, 11) is 1.61. The molecule has 1 aliphatic heterocycles. The standard InChI is InChI=1S/C22H24FN3O2/c1-22(27,15-7-9-17(28-2)10-8-15)20-18-5-3-4-6-19(18)24-21(25-20)26-13-11-16(23)12-14-26/h3-10,16,27H,11-14H2,1-2H3. The molecule has 1 unspecified atom stereocenters. The topological polar surface area (TPSA) is 58.5 Å². The predicted molar refractivity (Wildman–Crippen MR) is 108 cm³/mol. The largest absolute Gasteiger partial charge is 0.497 e. The Morgan fingerprint density at radius 1 is 1.07 bits per heavy atom. The smallest absolute Gasteiger partial charge is 0.226 e. The molecule has 0 bridgehead atoms. The van der Waals surface area contributed by atoms with Gasteiger partial charge in [-0.3, -0.25) is 0 Å². The number of methoxy groups -OCH3 is 1. The van der Waals surface area contributed by atoms with Crippen LogP contribution in [-0.2, 0) is 5.60 Å². The number of aromatic nitrogens is 2. The van der Waals surface area contributed by atoms with E-state index in [0.717, 1.165) is 16.7 Å². The highest BCUT2D eigenvalue weighted by Gasteiger charge is 2.31. The van der Waals surface area contributed by atoms with Crippen molar-refractivity contribution < 1.29 is 14.2 Å². The minimum Gasteiger partial charge on any atom is -0.497 e. The zero-order chi connectivity index (χ0) is 19.7. The number of alkyl halides is 1. The van der Waals surface area contributed by atoms with Crippen molar-refractivity contribution in [3.05, 3.63) is 59.8 Å². The average Bonchev–Trinajstić information content (AvgIpc) is 2.73. The highest BCUT2D eigenvalue weighted by molar-refractivity contribution is 5.83. The Labute approximate surface area is 163 Å². The number of para-hydroxylation sites is 1. The van der Waals surface area contributed by atoms with Crippen LogP contribution in [0, 0.1) is 0 Å². The van der Waals surface area contributed by atoms with Gasteiger partial charge >= 0.3 is 0 Å². The monoisotopic (exact) mass is 381 g/mol. The number of hydrogen-bond donors (Lipinski definition) is 1. The van der Waals surface area contributed by atoms with Crippen LogP contribution < -0.4 is 9.64 Å². The molecule has 5 nitrogen and oxygen atoms in total. The van der Waals surface area contributed by atoms with Crippen LogP contribution in [0.4, 0.5) is 10.3 Å². The molecule has 3 aromatic rings. The molecule has 1 saturated heterocycles. The van der Waals surface area contributed by atoms with Gasteiger partial charge < -0.3 is 14.7 Å². The molecule has 1 N–H and O–H groups in total. The van der Waals surface area contributed by atoms with Crippen LogP contribution in [-0.4, -0.2) is 41.4 Å². The summed E-state index contributed by atoms with van der Waals surface area (Å²) in [5.41, 5.74) is 0.701. The Morgan fingerprint density at radius 2 is 1.75 bits per heavy atom. The molecule has 2 heterocycles. The van der Waals surface area contributed by atoms with Crippen LogP contribution in [0.1, 0.15) is 31.0 Å². The zero-order valence-corrected chi connectivity index (χ0v) is 16.1. The van der Waals surface area contributed by atoms with Crippen molar-refractivity contribution >= 4 is 16.9 Å². The second-order valence-corrected chi connectivity index (χ2v) is 7.35. The molecular weight excluding hydrogens is 357 g/mol. The van der Waals surface area contributed by atoms with Gasteiger partial charge in [-0.25, -0.2) is 14.4 Å². The van der Waals surface area contributed by atoms with Gasteiger partial charge in [-0.2, -0.15) is 0 Å². The molecule has 0 amide bonds. The van der Waals surface area contributed by atoms with Crippen LogP contribution in [0.5, 0.6) is 5.75 Å². The lowest BCUT2D eigenvalue weighted by molar-refractivity contribution is 0.0990. The van der Waals surface area contributed by atoms with E-state index in [1.54, 1.807) is 14.0 Å². The molecule has 146 valence electrons. The third kappa shape index (κ3) is 3.40. The van der Waals surface area contributed by atoms with Gasteiger partial charge in [0.1, 0.15) is 17.5 Å². The first-order valence-electron chi connectivity index (χ1n) is 9.52. The van der Waals surface area contributed by atoms with Gasteiger partial charge in [0.25, 0.3) is 0 Å². The van der Waals surface area contributed by atoms with Gasteiger partial charge in [0, 0.05) is 18.5 Å². The molecule has 0 aliphatic carbocycles. The van der Waals surface area contributed by atoms with E-state index >= 15 is 0 Å². The molecule has 1 atom stereocenters. The van der Waals surface area contributed by atoms with Crippen molar-refractivity contribution in [3.63, 3.8) is 0 Å². The van der Waals surface area contributed by atoms with Crippen molar-refractivity contribution in [1.29, 1.82) is 0 Å². The maximum Gasteiger partial charge on any atom is 0.226 e. The van der Waals surface area contributed by atoms with Gasteiger partial charge in [-0.05, 0) is 43.5 Å². The van der Waals surface area contributed by atoms with E-state index < -0.39 is 11.8 Å². The molecule has 1 aromatic heterocycles. The summed E-state index contributed by atoms with van der Waals surface area (Å²) in [4.78, 5) is 11.4. The Morgan fingerprint density at radius 3 is 2.43 bits per heavy atom. The normalized spacial score (nSPS) is 17.5. The minimum atomic E-state index is -1.32. The van der Waals surface area contributed by atoms with E-state index in [4.69, 9.17) is 9.72 Å². The fourth-order valence-electron chi connectivity index (χ4n) is 3.68. The number of anilines is 1. The van der Waals surface area contributed by atoms with Gasteiger partial charge in [-0.15, -0.1) is 0 Å². The molecule has 1 aliphatic rings. The lowest BCUT2D eigenvalue weighted by Crippen LogP contribution is -2.36. The van der Waals surface area contributed by atoms with Crippen molar-refractivity contribution in [2.75, 3.05) is 25.1 Å². The lowest BCUT2D eigenvalue weighted by Gasteiger charge is -2.31. The van der Waals surface area contributed by atoms with Crippen LogP contribution in [0.25, 0.3) is 10.9 Å². The van der Waals surface area contributed by atoms with E-state index in [0.29, 0.717) is 43.1 Å². The molecule has 0 spiro atoms. The van der Waals surface area contributed by atoms with Crippen molar-refractivity contribution in [3.8, 4) is 5.75 Å². The molecule has 6 heteroatoms. The first-order chi connectivity index (χ1) is 13.5. The van der Waals surface area contributed by atoms with Gasteiger partial charge in [0.05, 0.1) is 18.3 Å². The first kappa shape index (κ1) is 18.6. The van der Waals surface area contributed by atoms with Crippen LogP contribution in [0.15, 0.2) is 48.5 Å². The molecule has 0 radical (unpaired) electrons.